The van der Waals surface area contributed by atoms with E-state index in [1.165, 1.54) is 14.2 Å². The molecule has 0 saturated heterocycles. The molecule has 1 aromatic carbocycles. The van der Waals surface area contributed by atoms with E-state index in [0.717, 1.165) is 16.7 Å². The highest BCUT2D eigenvalue weighted by Crippen LogP contribution is 2.54. The van der Waals surface area contributed by atoms with Gasteiger partial charge in [-0.1, -0.05) is 35.9 Å². The van der Waals surface area contributed by atoms with Crippen LogP contribution in [-0.2, 0) is 19.1 Å². The molecule has 0 spiro atoms. The summed E-state index contributed by atoms with van der Waals surface area (Å²) in [5.41, 5.74) is 1.62. The van der Waals surface area contributed by atoms with Crippen LogP contribution in [0.3, 0.4) is 0 Å². The summed E-state index contributed by atoms with van der Waals surface area (Å²) in [6, 6.07) is 7.85. The minimum Gasteiger partial charge on any atom is -0.468 e. The van der Waals surface area contributed by atoms with Gasteiger partial charge in [-0.25, -0.2) is 0 Å². The average Bonchev–Trinajstić information content (AvgIpc) is 3.15. The number of hydrogen-bond acceptors (Lipinski definition) is 4. The average molecular weight is 260 g/mol. The van der Waals surface area contributed by atoms with E-state index in [9.17, 15) is 9.59 Å². The Morgan fingerprint density at radius 3 is 2.11 bits per heavy atom. The maximum Gasteiger partial charge on any atom is 0.327 e. The molecule has 0 heterocycles. The molecular formula is C15H16O4. The smallest absolute Gasteiger partial charge is 0.327 e. The molecule has 0 bridgehead atoms. The predicted octanol–water partition coefficient (Wildman–Crippen LogP) is 2.11. The minimum atomic E-state index is -1.23. The van der Waals surface area contributed by atoms with E-state index in [2.05, 4.69) is 0 Å². The van der Waals surface area contributed by atoms with Crippen LogP contribution in [0.4, 0.5) is 0 Å². The van der Waals surface area contributed by atoms with Gasteiger partial charge < -0.3 is 9.47 Å². The molecule has 1 fully saturated rings. The van der Waals surface area contributed by atoms with Crippen LogP contribution in [0.2, 0.25) is 0 Å². The lowest BCUT2D eigenvalue weighted by Crippen LogP contribution is -2.28. The molecule has 4 heteroatoms. The summed E-state index contributed by atoms with van der Waals surface area (Å²) in [6.07, 6.45) is 2.20. The van der Waals surface area contributed by atoms with Gasteiger partial charge in [0.15, 0.2) is 5.41 Å². The number of ether oxygens (including phenoxy) is 2. The van der Waals surface area contributed by atoms with Crippen LogP contribution in [-0.4, -0.2) is 26.2 Å². The van der Waals surface area contributed by atoms with Gasteiger partial charge in [0.2, 0.25) is 0 Å². The van der Waals surface area contributed by atoms with Crippen LogP contribution in [0.15, 0.2) is 29.8 Å². The molecule has 19 heavy (non-hydrogen) atoms. The lowest BCUT2D eigenvalue weighted by molar-refractivity contribution is -0.160. The summed E-state index contributed by atoms with van der Waals surface area (Å²) >= 11 is 0. The first-order chi connectivity index (χ1) is 9.04. The Kier molecular flexibility index (Phi) is 3.42. The number of esters is 2. The highest BCUT2D eigenvalue weighted by Gasteiger charge is 2.64. The van der Waals surface area contributed by atoms with Crippen molar-refractivity contribution in [3.8, 4) is 0 Å². The lowest BCUT2D eigenvalue weighted by atomic mass is 10.1. The van der Waals surface area contributed by atoms with Gasteiger partial charge >= 0.3 is 11.9 Å². The molecular weight excluding hydrogens is 244 g/mol. The molecule has 1 aliphatic rings. The molecule has 0 aliphatic heterocycles. The van der Waals surface area contributed by atoms with Crippen molar-refractivity contribution in [1.82, 2.24) is 0 Å². The number of methoxy groups -OCH3 is 2. The Morgan fingerprint density at radius 1 is 1.11 bits per heavy atom. The van der Waals surface area contributed by atoms with Crippen molar-refractivity contribution in [2.24, 2.45) is 5.41 Å². The maximum atomic E-state index is 11.8. The first-order valence-corrected chi connectivity index (χ1v) is 5.99. The number of hydrogen-bond donors (Lipinski definition) is 0. The van der Waals surface area contributed by atoms with Crippen molar-refractivity contribution < 1.29 is 19.1 Å². The molecule has 0 aromatic heterocycles. The quantitative estimate of drug-likeness (QED) is 0.617. The molecule has 0 N–H and O–H groups in total. The number of benzene rings is 1. The van der Waals surface area contributed by atoms with Crippen molar-refractivity contribution in [3.63, 3.8) is 0 Å². The van der Waals surface area contributed by atoms with Gasteiger partial charge in [-0.3, -0.25) is 9.59 Å². The molecule has 0 unspecified atom stereocenters. The van der Waals surface area contributed by atoms with E-state index < -0.39 is 17.4 Å². The SMILES string of the molecule is COC(=O)C1(C(=O)OC)CC1=Cc1ccc(C)cc1. The third-order valence-corrected chi connectivity index (χ3v) is 3.36. The topological polar surface area (TPSA) is 52.6 Å². The van der Waals surface area contributed by atoms with Crippen molar-refractivity contribution in [3.05, 3.63) is 41.0 Å². The Balaban J connectivity index is 2.30. The molecule has 1 saturated carbocycles. The fourth-order valence-electron chi connectivity index (χ4n) is 2.12. The van der Waals surface area contributed by atoms with E-state index >= 15 is 0 Å². The number of aryl methyl sites for hydroxylation is 1. The molecule has 0 radical (unpaired) electrons. The van der Waals surface area contributed by atoms with Crippen LogP contribution in [0.5, 0.6) is 0 Å². The van der Waals surface area contributed by atoms with Crippen LogP contribution < -0.4 is 0 Å². The largest absolute Gasteiger partial charge is 0.468 e. The second kappa shape index (κ2) is 4.88. The van der Waals surface area contributed by atoms with E-state index in [1.54, 1.807) is 0 Å². The Morgan fingerprint density at radius 2 is 1.63 bits per heavy atom. The van der Waals surface area contributed by atoms with Crippen molar-refractivity contribution in [1.29, 1.82) is 0 Å². The summed E-state index contributed by atoms with van der Waals surface area (Å²) in [7, 11) is 2.55. The van der Waals surface area contributed by atoms with Gasteiger partial charge in [-0.2, -0.15) is 0 Å². The second-order valence-electron chi connectivity index (χ2n) is 4.65. The van der Waals surface area contributed by atoms with E-state index in [4.69, 9.17) is 9.47 Å². The number of carbonyl (C=O) groups is 2. The Bertz CT molecular complexity index is 524. The Labute approximate surface area is 112 Å². The molecule has 1 aromatic rings. The molecule has 2 rings (SSSR count). The van der Waals surface area contributed by atoms with Gasteiger partial charge in [0, 0.05) is 6.42 Å². The van der Waals surface area contributed by atoms with E-state index in [0.29, 0.717) is 6.42 Å². The Hall–Kier alpha value is -2.10. The highest BCUT2D eigenvalue weighted by atomic mass is 16.5. The lowest BCUT2D eigenvalue weighted by Gasteiger charge is -2.09. The first-order valence-electron chi connectivity index (χ1n) is 5.99. The molecule has 4 nitrogen and oxygen atoms in total. The molecule has 1 aliphatic carbocycles. The fraction of sp³-hybridized carbons (Fsp3) is 0.333. The zero-order valence-electron chi connectivity index (χ0n) is 11.2. The molecule has 0 amide bonds. The third kappa shape index (κ3) is 2.26. The zero-order valence-corrected chi connectivity index (χ0v) is 11.2. The predicted molar refractivity (Wildman–Crippen MR) is 70.2 cm³/mol. The third-order valence-electron chi connectivity index (χ3n) is 3.36. The zero-order chi connectivity index (χ0) is 14.0. The van der Waals surface area contributed by atoms with Crippen molar-refractivity contribution in [2.75, 3.05) is 14.2 Å². The minimum absolute atomic E-state index is 0.361. The highest BCUT2D eigenvalue weighted by molar-refractivity contribution is 6.10. The van der Waals surface area contributed by atoms with Crippen LogP contribution in [0.1, 0.15) is 17.5 Å². The first kappa shape index (κ1) is 13.3. The van der Waals surface area contributed by atoms with Crippen molar-refractivity contribution in [2.45, 2.75) is 13.3 Å². The summed E-state index contributed by atoms with van der Waals surface area (Å²) in [4.78, 5) is 23.6. The van der Waals surface area contributed by atoms with Gasteiger partial charge in [0.05, 0.1) is 14.2 Å². The van der Waals surface area contributed by atoms with Crippen LogP contribution in [0, 0.1) is 12.3 Å². The molecule has 100 valence electrons. The van der Waals surface area contributed by atoms with E-state index in [1.807, 2.05) is 37.3 Å². The standard InChI is InChI=1S/C15H16O4/c1-10-4-6-11(7-5-10)8-12-9-15(12,13(16)18-2)14(17)19-3/h4-8H,9H2,1-3H3. The summed E-state index contributed by atoms with van der Waals surface area (Å²) in [5, 5.41) is 0. The van der Waals surface area contributed by atoms with E-state index in [-0.39, 0.29) is 0 Å². The maximum absolute atomic E-state index is 11.8. The van der Waals surface area contributed by atoms with Crippen LogP contribution >= 0.6 is 0 Å². The summed E-state index contributed by atoms with van der Waals surface area (Å²) in [5.74, 6) is -1.12. The second-order valence-corrected chi connectivity index (χ2v) is 4.65. The van der Waals surface area contributed by atoms with Crippen LogP contribution in [0.25, 0.3) is 6.08 Å². The summed E-state index contributed by atoms with van der Waals surface area (Å²) in [6.45, 7) is 2.00. The van der Waals surface area contributed by atoms with Gasteiger partial charge in [-0.05, 0) is 18.1 Å². The monoisotopic (exact) mass is 260 g/mol. The molecule has 0 atom stereocenters. The normalized spacial score (nSPS) is 17.9. The van der Waals surface area contributed by atoms with Gasteiger partial charge in [0.1, 0.15) is 0 Å². The van der Waals surface area contributed by atoms with Gasteiger partial charge in [-0.15, -0.1) is 0 Å². The fourth-order valence-corrected chi connectivity index (χ4v) is 2.12. The summed E-state index contributed by atoms with van der Waals surface area (Å²) < 4.78 is 9.41. The number of rotatable bonds is 3. The van der Waals surface area contributed by atoms with Gasteiger partial charge in [0.25, 0.3) is 0 Å². The number of carbonyl (C=O) groups excluding carboxylic acids is 2. The van der Waals surface area contributed by atoms with Crippen molar-refractivity contribution >= 4 is 18.0 Å².